The van der Waals surface area contributed by atoms with Gasteiger partial charge in [0.05, 0.1) is 0 Å². The lowest BCUT2D eigenvalue weighted by molar-refractivity contribution is 0.162. The molecule has 0 radical (unpaired) electrons. The summed E-state index contributed by atoms with van der Waals surface area (Å²) < 4.78 is 0. The number of hydrogen-bond donors (Lipinski definition) is 1. The van der Waals surface area contributed by atoms with E-state index in [4.69, 9.17) is 0 Å². The third kappa shape index (κ3) is 2.68. The Balaban J connectivity index is 1.57. The number of nitrogens with one attached hydrogen (secondary N) is 1. The monoisotopic (exact) mass is 265 g/mol. The normalized spacial score (nSPS) is 31.9. The van der Waals surface area contributed by atoms with Crippen molar-refractivity contribution in [3.8, 4) is 0 Å². The zero-order valence-electron chi connectivity index (χ0n) is 11.2. The molecule has 0 aliphatic heterocycles. The third-order valence-electron chi connectivity index (χ3n) is 4.64. The molecule has 18 heavy (non-hydrogen) atoms. The molecule has 1 N–H and O–H groups in total. The van der Waals surface area contributed by atoms with Crippen molar-refractivity contribution in [2.45, 2.75) is 64.3 Å². The molecule has 4 heteroatoms. The molecule has 0 saturated heterocycles. The first-order chi connectivity index (χ1) is 8.85. The fourth-order valence-electron chi connectivity index (χ4n) is 3.63. The van der Waals surface area contributed by atoms with Crippen molar-refractivity contribution >= 4 is 16.5 Å². The largest absolute Gasteiger partial charge is 0.357 e. The summed E-state index contributed by atoms with van der Waals surface area (Å²) >= 11 is 1.72. The Bertz CT molecular complexity index is 390. The Morgan fingerprint density at radius 3 is 2.72 bits per heavy atom. The molecule has 0 spiro atoms. The van der Waals surface area contributed by atoms with Crippen LogP contribution in [-0.4, -0.2) is 16.2 Å². The van der Waals surface area contributed by atoms with Crippen LogP contribution in [0.3, 0.4) is 0 Å². The number of anilines is 1. The molecule has 1 aromatic heterocycles. The SMILES string of the molecule is CCc1nnc(NC2CCC3CCCCC3C2)s1. The van der Waals surface area contributed by atoms with Gasteiger partial charge >= 0.3 is 0 Å². The molecule has 3 nitrogen and oxygen atoms in total. The van der Waals surface area contributed by atoms with E-state index in [1.54, 1.807) is 11.3 Å². The molecule has 100 valence electrons. The summed E-state index contributed by atoms with van der Waals surface area (Å²) in [6.45, 7) is 2.14. The maximum atomic E-state index is 4.24. The molecular weight excluding hydrogens is 242 g/mol. The summed E-state index contributed by atoms with van der Waals surface area (Å²) in [5.74, 6) is 2.00. The third-order valence-corrected chi connectivity index (χ3v) is 5.64. The fraction of sp³-hybridized carbons (Fsp3) is 0.857. The van der Waals surface area contributed by atoms with E-state index in [2.05, 4.69) is 22.4 Å². The molecule has 0 bridgehead atoms. The standard InChI is InChI=1S/C14H23N3S/c1-2-13-16-17-14(18-13)15-12-8-7-10-5-3-4-6-11(10)9-12/h10-12H,2-9H2,1H3,(H,15,17). The molecular formula is C14H23N3S. The highest BCUT2D eigenvalue weighted by Gasteiger charge is 2.32. The summed E-state index contributed by atoms with van der Waals surface area (Å²) in [6, 6.07) is 0.641. The predicted molar refractivity (Wildman–Crippen MR) is 76.0 cm³/mol. The molecule has 0 aromatic carbocycles. The van der Waals surface area contributed by atoms with Crippen LogP contribution in [0.5, 0.6) is 0 Å². The zero-order chi connectivity index (χ0) is 12.4. The number of fused-ring (bicyclic) bond motifs is 1. The number of aryl methyl sites for hydroxylation is 1. The van der Waals surface area contributed by atoms with Crippen molar-refractivity contribution in [3.05, 3.63) is 5.01 Å². The van der Waals surface area contributed by atoms with Gasteiger partial charge < -0.3 is 5.32 Å². The Labute approximate surface area is 113 Å². The van der Waals surface area contributed by atoms with Crippen LogP contribution in [0.2, 0.25) is 0 Å². The highest BCUT2D eigenvalue weighted by atomic mass is 32.1. The van der Waals surface area contributed by atoms with Gasteiger partial charge in [0.25, 0.3) is 0 Å². The molecule has 3 unspecified atom stereocenters. The maximum Gasteiger partial charge on any atom is 0.205 e. The van der Waals surface area contributed by atoms with Crippen molar-refractivity contribution in [1.29, 1.82) is 0 Å². The van der Waals surface area contributed by atoms with Crippen LogP contribution in [0.4, 0.5) is 5.13 Å². The van der Waals surface area contributed by atoms with Crippen molar-refractivity contribution < 1.29 is 0 Å². The topological polar surface area (TPSA) is 37.8 Å². The van der Waals surface area contributed by atoms with Gasteiger partial charge in [0.1, 0.15) is 5.01 Å². The summed E-state index contributed by atoms with van der Waals surface area (Å²) in [4.78, 5) is 0. The van der Waals surface area contributed by atoms with Crippen LogP contribution in [0.25, 0.3) is 0 Å². The zero-order valence-corrected chi connectivity index (χ0v) is 12.0. The number of nitrogens with zero attached hydrogens (tertiary/aromatic N) is 2. The van der Waals surface area contributed by atoms with Gasteiger partial charge in [-0.05, 0) is 37.5 Å². The van der Waals surface area contributed by atoms with Gasteiger partial charge in [-0.2, -0.15) is 0 Å². The summed E-state index contributed by atoms with van der Waals surface area (Å²) in [5, 5.41) is 14.2. The second-order valence-corrected chi connectivity index (χ2v) is 6.88. The van der Waals surface area contributed by atoms with Crippen LogP contribution in [0.15, 0.2) is 0 Å². The Morgan fingerprint density at radius 2 is 1.94 bits per heavy atom. The minimum Gasteiger partial charge on any atom is -0.357 e. The minimum absolute atomic E-state index is 0.641. The van der Waals surface area contributed by atoms with E-state index in [1.165, 1.54) is 44.9 Å². The smallest absolute Gasteiger partial charge is 0.205 e. The average Bonchev–Trinajstić information content (AvgIpc) is 2.86. The molecule has 2 saturated carbocycles. The van der Waals surface area contributed by atoms with Gasteiger partial charge in [-0.25, -0.2) is 0 Å². The van der Waals surface area contributed by atoms with Gasteiger partial charge in [0.15, 0.2) is 0 Å². The Morgan fingerprint density at radius 1 is 1.11 bits per heavy atom. The number of rotatable bonds is 3. The van der Waals surface area contributed by atoms with Gasteiger partial charge in [0.2, 0.25) is 5.13 Å². The molecule has 2 aliphatic carbocycles. The summed E-state index contributed by atoms with van der Waals surface area (Å²) in [5.41, 5.74) is 0. The average molecular weight is 265 g/mol. The van der Waals surface area contributed by atoms with E-state index in [1.807, 2.05) is 0 Å². The number of aromatic nitrogens is 2. The van der Waals surface area contributed by atoms with E-state index in [-0.39, 0.29) is 0 Å². The first kappa shape index (κ1) is 12.4. The molecule has 1 aromatic rings. The first-order valence-electron chi connectivity index (χ1n) is 7.44. The molecule has 2 aliphatic rings. The minimum atomic E-state index is 0.641. The van der Waals surface area contributed by atoms with Crippen molar-refractivity contribution in [2.24, 2.45) is 11.8 Å². The molecule has 2 fully saturated rings. The highest BCUT2D eigenvalue weighted by Crippen LogP contribution is 2.41. The Kier molecular flexibility index (Phi) is 3.83. The van der Waals surface area contributed by atoms with Gasteiger partial charge in [0, 0.05) is 6.04 Å². The van der Waals surface area contributed by atoms with Crippen molar-refractivity contribution in [3.63, 3.8) is 0 Å². The van der Waals surface area contributed by atoms with E-state index in [0.717, 1.165) is 28.4 Å². The van der Waals surface area contributed by atoms with E-state index < -0.39 is 0 Å². The Hall–Kier alpha value is -0.640. The van der Waals surface area contributed by atoms with Crippen LogP contribution in [0.1, 0.15) is 56.9 Å². The first-order valence-corrected chi connectivity index (χ1v) is 8.25. The lowest BCUT2D eigenvalue weighted by Gasteiger charge is -2.39. The lowest BCUT2D eigenvalue weighted by atomic mass is 9.69. The van der Waals surface area contributed by atoms with E-state index in [9.17, 15) is 0 Å². The molecule has 1 heterocycles. The number of hydrogen-bond acceptors (Lipinski definition) is 4. The van der Waals surface area contributed by atoms with Crippen LogP contribution >= 0.6 is 11.3 Å². The van der Waals surface area contributed by atoms with Gasteiger partial charge in [-0.15, -0.1) is 10.2 Å². The summed E-state index contributed by atoms with van der Waals surface area (Å²) in [7, 11) is 0. The fourth-order valence-corrected chi connectivity index (χ4v) is 4.39. The maximum absolute atomic E-state index is 4.24. The lowest BCUT2D eigenvalue weighted by Crippen LogP contribution is -2.34. The summed E-state index contributed by atoms with van der Waals surface area (Å²) in [6.07, 6.45) is 10.9. The van der Waals surface area contributed by atoms with E-state index in [0.29, 0.717) is 6.04 Å². The van der Waals surface area contributed by atoms with Crippen LogP contribution in [0, 0.1) is 11.8 Å². The second-order valence-electron chi connectivity index (χ2n) is 5.81. The van der Waals surface area contributed by atoms with Crippen molar-refractivity contribution in [1.82, 2.24) is 10.2 Å². The molecule has 0 amide bonds. The van der Waals surface area contributed by atoms with Crippen molar-refractivity contribution in [2.75, 3.05) is 5.32 Å². The quantitative estimate of drug-likeness (QED) is 0.901. The second kappa shape index (κ2) is 5.55. The van der Waals surface area contributed by atoms with Gasteiger partial charge in [-0.3, -0.25) is 0 Å². The molecule has 3 rings (SSSR count). The van der Waals surface area contributed by atoms with E-state index >= 15 is 0 Å². The molecule has 3 atom stereocenters. The predicted octanol–water partition coefficient (Wildman–Crippen LogP) is 3.87. The van der Waals surface area contributed by atoms with Crippen LogP contribution in [-0.2, 0) is 6.42 Å². The van der Waals surface area contributed by atoms with Crippen LogP contribution < -0.4 is 5.32 Å². The van der Waals surface area contributed by atoms with Gasteiger partial charge in [-0.1, -0.05) is 43.9 Å². The highest BCUT2D eigenvalue weighted by molar-refractivity contribution is 7.15.